The van der Waals surface area contributed by atoms with Crippen LogP contribution in [-0.2, 0) is 6.54 Å². The SMILES string of the molecule is Cc1cc(C)c(NC(=O)c2ccc(CNC(N)=O)cc2)c(C)c1. The van der Waals surface area contributed by atoms with Gasteiger partial charge in [0.2, 0.25) is 0 Å². The highest BCUT2D eigenvalue weighted by molar-refractivity contribution is 6.05. The minimum absolute atomic E-state index is 0.158. The second-order valence-electron chi connectivity index (χ2n) is 5.64. The van der Waals surface area contributed by atoms with Crippen molar-refractivity contribution in [2.45, 2.75) is 27.3 Å². The molecule has 0 unspecified atom stereocenters. The molecule has 2 rings (SSSR count). The van der Waals surface area contributed by atoms with Gasteiger partial charge in [-0.05, 0) is 49.6 Å². The first-order valence-corrected chi connectivity index (χ1v) is 7.38. The van der Waals surface area contributed by atoms with E-state index < -0.39 is 6.03 Å². The number of carbonyl (C=O) groups excluding carboxylic acids is 2. The van der Waals surface area contributed by atoms with E-state index in [1.54, 1.807) is 24.3 Å². The number of amides is 3. The highest BCUT2D eigenvalue weighted by Crippen LogP contribution is 2.22. The molecule has 2 aromatic rings. The number of primary amides is 1. The summed E-state index contributed by atoms with van der Waals surface area (Å²) in [5.41, 5.74) is 10.6. The van der Waals surface area contributed by atoms with Crippen LogP contribution in [0.5, 0.6) is 0 Å². The van der Waals surface area contributed by atoms with Crippen LogP contribution in [0.15, 0.2) is 36.4 Å². The van der Waals surface area contributed by atoms with Gasteiger partial charge in [-0.15, -0.1) is 0 Å². The molecule has 4 N–H and O–H groups in total. The van der Waals surface area contributed by atoms with Gasteiger partial charge < -0.3 is 16.4 Å². The van der Waals surface area contributed by atoms with Gasteiger partial charge in [-0.2, -0.15) is 0 Å². The average Bonchev–Trinajstić information content (AvgIpc) is 2.49. The van der Waals surface area contributed by atoms with Crippen molar-refractivity contribution in [3.05, 3.63) is 64.2 Å². The first kappa shape index (κ1) is 16.5. The van der Waals surface area contributed by atoms with E-state index in [0.717, 1.165) is 22.4 Å². The molecule has 120 valence electrons. The Morgan fingerprint density at radius 2 is 1.57 bits per heavy atom. The molecule has 0 fully saturated rings. The summed E-state index contributed by atoms with van der Waals surface area (Å²) in [5, 5.41) is 5.47. The number of carbonyl (C=O) groups is 2. The summed E-state index contributed by atoms with van der Waals surface area (Å²) in [6, 6.07) is 10.6. The molecule has 0 bridgehead atoms. The third kappa shape index (κ3) is 4.32. The van der Waals surface area contributed by atoms with Crippen molar-refractivity contribution in [3.63, 3.8) is 0 Å². The number of nitrogens with two attached hydrogens (primary N) is 1. The highest BCUT2D eigenvalue weighted by Gasteiger charge is 2.10. The van der Waals surface area contributed by atoms with E-state index in [9.17, 15) is 9.59 Å². The zero-order chi connectivity index (χ0) is 17.0. The van der Waals surface area contributed by atoms with Crippen molar-refractivity contribution >= 4 is 17.6 Å². The van der Waals surface area contributed by atoms with Crippen molar-refractivity contribution in [1.29, 1.82) is 0 Å². The van der Waals surface area contributed by atoms with Crippen LogP contribution in [0.2, 0.25) is 0 Å². The Labute approximate surface area is 135 Å². The Kier molecular flexibility index (Phi) is 5.01. The van der Waals surface area contributed by atoms with Crippen molar-refractivity contribution in [2.75, 3.05) is 5.32 Å². The van der Waals surface area contributed by atoms with Gasteiger partial charge in [0, 0.05) is 17.8 Å². The topological polar surface area (TPSA) is 84.2 Å². The van der Waals surface area contributed by atoms with Crippen LogP contribution < -0.4 is 16.4 Å². The van der Waals surface area contributed by atoms with E-state index in [0.29, 0.717) is 12.1 Å². The van der Waals surface area contributed by atoms with Crippen molar-refractivity contribution in [1.82, 2.24) is 5.32 Å². The molecule has 0 saturated carbocycles. The minimum atomic E-state index is -0.572. The lowest BCUT2D eigenvalue weighted by Crippen LogP contribution is -2.28. The third-order valence-electron chi connectivity index (χ3n) is 3.60. The van der Waals surface area contributed by atoms with Crippen LogP contribution in [0, 0.1) is 20.8 Å². The maximum atomic E-state index is 12.4. The average molecular weight is 311 g/mol. The summed E-state index contributed by atoms with van der Waals surface area (Å²) in [6.07, 6.45) is 0. The number of hydrogen-bond donors (Lipinski definition) is 3. The van der Waals surface area contributed by atoms with Gasteiger partial charge in [-0.25, -0.2) is 4.79 Å². The zero-order valence-corrected chi connectivity index (χ0v) is 13.6. The number of aryl methyl sites for hydroxylation is 3. The quantitative estimate of drug-likeness (QED) is 0.811. The molecule has 0 saturated heterocycles. The standard InChI is InChI=1S/C18H21N3O2/c1-11-8-12(2)16(13(3)9-11)21-17(22)15-6-4-14(5-7-15)10-20-18(19)23/h4-9H,10H2,1-3H3,(H,21,22)(H3,19,20,23). The lowest BCUT2D eigenvalue weighted by atomic mass is 10.0. The van der Waals surface area contributed by atoms with Crippen LogP contribution >= 0.6 is 0 Å². The summed E-state index contributed by atoms with van der Waals surface area (Å²) < 4.78 is 0. The second kappa shape index (κ2) is 6.96. The molecule has 0 aromatic heterocycles. The summed E-state index contributed by atoms with van der Waals surface area (Å²) in [7, 11) is 0. The van der Waals surface area contributed by atoms with Crippen LogP contribution in [0.3, 0.4) is 0 Å². The van der Waals surface area contributed by atoms with Crippen molar-refractivity contribution < 1.29 is 9.59 Å². The second-order valence-corrected chi connectivity index (χ2v) is 5.64. The van der Waals surface area contributed by atoms with E-state index >= 15 is 0 Å². The Hall–Kier alpha value is -2.82. The predicted octanol–water partition coefficient (Wildman–Crippen LogP) is 3.03. The van der Waals surface area contributed by atoms with Crippen molar-refractivity contribution in [2.24, 2.45) is 5.73 Å². The van der Waals surface area contributed by atoms with Gasteiger partial charge >= 0.3 is 6.03 Å². The van der Waals surface area contributed by atoms with E-state index in [4.69, 9.17) is 5.73 Å². The van der Waals surface area contributed by atoms with Crippen LogP contribution in [-0.4, -0.2) is 11.9 Å². The molecule has 0 aliphatic rings. The van der Waals surface area contributed by atoms with Gasteiger partial charge in [0.05, 0.1) is 0 Å². The Balaban J connectivity index is 2.11. The Bertz CT molecular complexity index is 713. The third-order valence-corrected chi connectivity index (χ3v) is 3.60. The van der Waals surface area contributed by atoms with Gasteiger partial charge in [0.25, 0.3) is 5.91 Å². The van der Waals surface area contributed by atoms with E-state index in [1.165, 1.54) is 5.56 Å². The van der Waals surface area contributed by atoms with Gasteiger partial charge in [0.1, 0.15) is 0 Å². The summed E-state index contributed by atoms with van der Waals surface area (Å²) >= 11 is 0. The minimum Gasteiger partial charge on any atom is -0.352 e. The number of benzene rings is 2. The molecule has 3 amide bonds. The number of anilines is 1. The molecular weight excluding hydrogens is 290 g/mol. The summed E-state index contributed by atoms with van der Waals surface area (Å²) in [6.45, 7) is 6.33. The highest BCUT2D eigenvalue weighted by atomic mass is 16.2. The molecule has 5 heteroatoms. The summed E-state index contributed by atoms with van der Waals surface area (Å²) in [4.78, 5) is 23.1. The van der Waals surface area contributed by atoms with E-state index in [2.05, 4.69) is 10.6 Å². The zero-order valence-electron chi connectivity index (χ0n) is 13.6. The molecule has 0 aliphatic heterocycles. The fraction of sp³-hybridized carbons (Fsp3) is 0.222. The fourth-order valence-electron chi connectivity index (χ4n) is 2.53. The molecule has 0 spiro atoms. The lowest BCUT2D eigenvalue weighted by molar-refractivity contribution is 0.102. The molecule has 0 heterocycles. The number of urea groups is 1. The fourth-order valence-corrected chi connectivity index (χ4v) is 2.53. The van der Waals surface area contributed by atoms with Crippen molar-refractivity contribution in [3.8, 4) is 0 Å². The molecule has 0 radical (unpaired) electrons. The lowest BCUT2D eigenvalue weighted by Gasteiger charge is -2.13. The molecule has 5 nitrogen and oxygen atoms in total. The maximum absolute atomic E-state index is 12.4. The molecule has 23 heavy (non-hydrogen) atoms. The summed E-state index contributed by atoms with van der Waals surface area (Å²) in [5.74, 6) is -0.158. The van der Waals surface area contributed by atoms with Crippen LogP contribution in [0.25, 0.3) is 0 Å². The normalized spacial score (nSPS) is 10.2. The molecular formula is C18H21N3O2. The Morgan fingerprint density at radius 1 is 1.00 bits per heavy atom. The van der Waals surface area contributed by atoms with Gasteiger partial charge in [-0.1, -0.05) is 29.8 Å². The first-order chi connectivity index (χ1) is 10.9. The van der Waals surface area contributed by atoms with E-state index in [-0.39, 0.29) is 5.91 Å². The first-order valence-electron chi connectivity index (χ1n) is 7.38. The van der Waals surface area contributed by atoms with Crippen LogP contribution in [0.1, 0.15) is 32.6 Å². The smallest absolute Gasteiger partial charge is 0.312 e. The molecule has 0 aliphatic carbocycles. The van der Waals surface area contributed by atoms with Crippen LogP contribution in [0.4, 0.5) is 10.5 Å². The largest absolute Gasteiger partial charge is 0.352 e. The number of hydrogen-bond acceptors (Lipinski definition) is 2. The maximum Gasteiger partial charge on any atom is 0.312 e. The van der Waals surface area contributed by atoms with Gasteiger partial charge in [0.15, 0.2) is 0 Å². The Morgan fingerprint density at radius 3 is 2.09 bits per heavy atom. The van der Waals surface area contributed by atoms with E-state index in [1.807, 2.05) is 32.9 Å². The monoisotopic (exact) mass is 311 g/mol. The van der Waals surface area contributed by atoms with Gasteiger partial charge in [-0.3, -0.25) is 4.79 Å². The molecule has 2 aromatic carbocycles. The number of nitrogens with one attached hydrogen (secondary N) is 2. The molecule has 0 atom stereocenters. The predicted molar refractivity (Wildman–Crippen MR) is 91.5 cm³/mol. The number of rotatable bonds is 4.